The second-order valence-electron chi connectivity index (χ2n) is 25.4. The number of hydrogen-bond donors (Lipinski definition) is 1. The fourth-order valence-electron chi connectivity index (χ4n) is 11.5. The Morgan fingerprint density at radius 1 is 0.294 bits per heavy atom. The van der Waals surface area contributed by atoms with Gasteiger partial charge in [0, 0.05) is 6.08 Å². The number of allylic oxidation sites excluding steroid dienone is 3. The van der Waals surface area contributed by atoms with Crippen LogP contribution in [0.15, 0.2) is 60.4 Å². The molecule has 0 radical (unpaired) electrons. The summed E-state index contributed by atoms with van der Waals surface area (Å²) in [5, 5.41) is 10.9. The second kappa shape index (κ2) is 60.6. The Morgan fingerprint density at radius 2 is 0.506 bits per heavy atom. The molecule has 0 amide bonds. The Morgan fingerprint density at radius 3 is 0.753 bits per heavy atom. The quantitative estimate of drug-likeness (QED) is 0.0308. The molecule has 0 heterocycles. The topological polar surface area (TPSA) is 74.2 Å². The molecule has 488 valence electrons. The van der Waals surface area contributed by atoms with Gasteiger partial charge in [0.25, 0.3) is 0 Å². The predicted molar refractivity (Wildman–Crippen MR) is 371 cm³/mol. The van der Waals surface area contributed by atoms with Crippen LogP contribution in [0.3, 0.4) is 0 Å². The van der Waals surface area contributed by atoms with Gasteiger partial charge in [-0.25, -0.2) is 0 Å². The van der Waals surface area contributed by atoms with Crippen LogP contribution in [0.4, 0.5) is 0 Å². The first-order valence-electron chi connectivity index (χ1n) is 37.1. The molecule has 6 heteroatoms. The van der Waals surface area contributed by atoms with Crippen LogP contribution in [0.1, 0.15) is 373 Å². The summed E-state index contributed by atoms with van der Waals surface area (Å²) >= 11 is 0. The fraction of sp³-hybridized carbons (Fsp3) is 0.759. The molecule has 0 aliphatic heterocycles. The number of ketones is 1. The fourth-order valence-corrected chi connectivity index (χ4v) is 11.5. The van der Waals surface area contributed by atoms with Gasteiger partial charge in [-0.05, 0) is 73.2 Å². The van der Waals surface area contributed by atoms with E-state index in [0.717, 1.165) is 66.2 Å². The van der Waals surface area contributed by atoms with Crippen molar-refractivity contribution in [3.05, 3.63) is 71.5 Å². The zero-order valence-electron chi connectivity index (χ0n) is 56.4. The van der Waals surface area contributed by atoms with E-state index in [4.69, 9.17) is 18.9 Å². The summed E-state index contributed by atoms with van der Waals surface area (Å²) in [4.78, 5) is 13.2. The van der Waals surface area contributed by atoms with E-state index in [2.05, 4.69) is 27.7 Å². The maximum Gasteiger partial charge on any atom is 0.182 e. The summed E-state index contributed by atoms with van der Waals surface area (Å²) in [7, 11) is 0. The highest BCUT2D eigenvalue weighted by molar-refractivity contribution is 6.02. The van der Waals surface area contributed by atoms with Crippen molar-refractivity contribution in [3.8, 4) is 23.0 Å². The summed E-state index contributed by atoms with van der Waals surface area (Å²) in [6.07, 6.45) is 76.6. The maximum atomic E-state index is 13.2. The lowest BCUT2D eigenvalue weighted by molar-refractivity contribution is -0.110. The van der Waals surface area contributed by atoms with Crippen LogP contribution in [0.2, 0.25) is 0 Å². The Kier molecular flexibility index (Phi) is 55.2. The van der Waals surface area contributed by atoms with Gasteiger partial charge in [0.1, 0.15) is 5.76 Å². The highest BCUT2D eigenvalue weighted by atomic mass is 16.5. The van der Waals surface area contributed by atoms with Crippen LogP contribution in [0.25, 0.3) is 12.2 Å². The number of benzene rings is 2. The van der Waals surface area contributed by atoms with Gasteiger partial charge in [-0.15, -0.1) is 0 Å². The molecule has 0 spiro atoms. The van der Waals surface area contributed by atoms with E-state index in [1.54, 1.807) is 12.2 Å². The number of carbonyl (C=O) groups is 1. The molecule has 1 N–H and O–H groups in total. The Hall–Kier alpha value is -3.67. The van der Waals surface area contributed by atoms with E-state index < -0.39 is 0 Å². The number of rotatable bonds is 65. The third-order valence-electron chi connectivity index (χ3n) is 17.1. The zero-order chi connectivity index (χ0) is 60.8. The molecule has 2 rings (SSSR count). The van der Waals surface area contributed by atoms with E-state index in [9.17, 15) is 9.90 Å². The molecule has 0 aliphatic rings. The molecule has 0 saturated carbocycles. The largest absolute Gasteiger partial charge is 0.508 e. The monoisotopic (exact) mass is 1180 g/mol. The Bertz CT molecular complexity index is 1860. The first-order chi connectivity index (χ1) is 42.0. The average Bonchev–Trinajstić information content (AvgIpc) is 3.69. The summed E-state index contributed by atoms with van der Waals surface area (Å²) in [5.41, 5.74) is 1.73. The van der Waals surface area contributed by atoms with Crippen LogP contribution in [0, 0.1) is 0 Å². The van der Waals surface area contributed by atoms with Crippen LogP contribution in [0.5, 0.6) is 23.0 Å². The summed E-state index contributed by atoms with van der Waals surface area (Å²) in [6.45, 7) is 11.8. The lowest BCUT2D eigenvalue weighted by Crippen LogP contribution is -2.03. The third kappa shape index (κ3) is 49.0. The SMILES string of the molecule is CCCCCCCCCCCCCCCOc1ccc(/C=C/C(=O)/C=C(O)/C=C/c2ccc(OCCCCCCCCCCCCCCC)c(OCCCCCCCCCCCCCCC)c2)cc1OCCCCCCCCCCCCCCC. The Labute approximate surface area is 526 Å². The molecule has 0 bridgehead atoms. The number of carbonyl (C=O) groups excluding carboxylic acids is 1. The van der Waals surface area contributed by atoms with Crippen molar-refractivity contribution in [1.82, 2.24) is 0 Å². The van der Waals surface area contributed by atoms with E-state index in [0.29, 0.717) is 26.4 Å². The molecule has 0 saturated heterocycles. The van der Waals surface area contributed by atoms with Gasteiger partial charge in [-0.3, -0.25) is 4.79 Å². The first kappa shape index (κ1) is 77.4. The molecule has 0 unspecified atom stereocenters. The molecule has 6 nitrogen and oxygen atoms in total. The third-order valence-corrected chi connectivity index (χ3v) is 17.1. The van der Waals surface area contributed by atoms with Crippen molar-refractivity contribution in [3.63, 3.8) is 0 Å². The van der Waals surface area contributed by atoms with Crippen LogP contribution >= 0.6 is 0 Å². The standard InChI is InChI=1S/C79H136O6/c1-5-9-13-17-21-25-29-33-37-41-45-49-53-65-82-76-63-59-72(69-78(76)84-67-55-51-47-43-39-35-31-27-23-19-15-11-7-3)57-61-74(80)71-75(81)62-58-73-60-64-77(83-66-54-50-46-42-38-34-30-26-22-18-14-10-6-2)79(70-73)85-68-56-52-48-44-40-36-32-28-24-20-16-12-8-4/h57-64,69-71,80H,5-56,65-68H2,1-4H3/b61-57+,62-58+,74-71-. The van der Waals surface area contributed by atoms with Crippen molar-refractivity contribution in [1.29, 1.82) is 0 Å². The van der Waals surface area contributed by atoms with Crippen molar-refractivity contribution in [2.75, 3.05) is 26.4 Å². The van der Waals surface area contributed by atoms with Gasteiger partial charge in [-0.1, -0.05) is 360 Å². The van der Waals surface area contributed by atoms with Crippen molar-refractivity contribution in [2.24, 2.45) is 0 Å². The minimum absolute atomic E-state index is 0.106. The number of aliphatic hydroxyl groups is 1. The molecule has 0 fully saturated rings. The van der Waals surface area contributed by atoms with Crippen LogP contribution in [-0.4, -0.2) is 37.3 Å². The van der Waals surface area contributed by atoms with Gasteiger partial charge in [0.05, 0.1) is 26.4 Å². The molecule has 2 aromatic carbocycles. The van der Waals surface area contributed by atoms with Crippen molar-refractivity contribution < 1.29 is 28.8 Å². The predicted octanol–water partition coefficient (Wildman–Crippen LogP) is 26.3. The number of unbranched alkanes of at least 4 members (excludes halogenated alkanes) is 48. The number of ether oxygens (including phenoxy) is 4. The lowest BCUT2D eigenvalue weighted by Gasteiger charge is -2.14. The van der Waals surface area contributed by atoms with E-state index in [1.807, 2.05) is 42.5 Å². The first-order valence-corrected chi connectivity index (χ1v) is 37.1. The minimum Gasteiger partial charge on any atom is -0.508 e. The van der Waals surface area contributed by atoms with Crippen molar-refractivity contribution >= 4 is 17.9 Å². The van der Waals surface area contributed by atoms with Crippen LogP contribution < -0.4 is 18.9 Å². The molecule has 2 aromatic rings. The number of aliphatic hydroxyl groups excluding tert-OH is 1. The molecular weight excluding hydrogens is 1040 g/mol. The molecule has 0 aromatic heterocycles. The summed E-state index contributed by atoms with van der Waals surface area (Å²) < 4.78 is 25.5. The average molecular weight is 1180 g/mol. The Balaban J connectivity index is 1.96. The highest BCUT2D eigenvalue weighted by Gasteiger charge is 2.10. The van der Waals surface area contributed by atoms with E-state index in [1.165, 1.54) is 314 Å². The van der Waals surface area contributed by atoms with E-state index >= 15 is 0 Å². The smallest absolute Gasteiger partial charge is 0.182 e. The van der Waals surface area contributed by atoms with Gasteiger partial charge >= 0.3 is 0 Å². The highest BCUT2D eigenvalue weighted by Crippen LogP contribution is 2.32. The van der Waals surface area contributed by atoms with Gasteiger partial charge in [-0.2, -0.15) is 0 Å². The normalized spacial score (nSPS) is 11.9. The molecule has 0 aliphatic carbocycles. The number of hydrogen-bond acceptors (Lipinski definition) is 6. The van der Waals surface area contributed by atoms with Crippen molar-refractivity contribution in [2.45, 2.75) is 362 Å². The van der Waals surface area contributed by atoms with E-state index in [-0.39, 0.29) is 11.5 Å². The van der Waals surface area contributed by atoms with Crippen LogP contribution in [-0.2, 0) is 4.79 Å². The molecule has 0 atom stereocenters. The maximum absolute atomic E-state index is 13.2. The zero-order valence-corrected chi connectivity index (χ0v) is 56.4. The summed E-state index contributed by atoms with van der Waals surface area (Å²) in [6, 6.07) is 11.9. The minimum atomic E-state index is -0.293. The molecular formula is C79H136O6. The lowest BCUT2D eigenvalue weighted by atomic mass is 10.0. The van der Waals surface area contributed by atoms with Gasteiger partial charge < -0.3 is 24.1 Å². The summed E-state index contributed by atoms with van der Waals surface area (Å²) in [5.74, 6) is 2.61. The molecule has 85 heavy (non-hydrogen) atoms. The second-order valence-corrected chi connectivity index (χ2v) is 25.4. The van der Waals surface area contributed by atoms with Gasteiger partial charge in [0.15, 0.2) is 28.8 Å². The van der Waals surface area contributed by atoms with Gasteiger partial charge in [0.2, 0.25) is 0 Å².